The predicted molar refractivity (Wildman–Crippen MR) is 111 cm³/mol. The smallest absolute Gasteiger partial charge is 0.394 e. The van der Waals surface area contributed by atoms with Gasteiger partial charge in [0.05, 0.1) is 5.39 Å². The minimum atomic E-state index is -1.58. The van der Waals surface area contributed by atoms with Crippen molar-refractivity contribution in [1.29, 1.82) is 0 Å². The van der Waals surface area contributed by atoms with Crippen LogP contribution in [0.15, 0.2) is 51.7 Å². The lowest BCUT2D eigenvalue weighted by Gasteiger charge is -2.18. The Hall–Kier alpha value is -3.67. The van der Waals surface area contributed by atoms with Crippen molar-refractivity contribution in [2.75, 3.05) is 5.32 Å². The van der Waals surface area contributed by atoms with Gasteiger partial charge in [-0.2, -0.15) is 0 Å². The molecule has 6 nitrogen and oxygen atoms in total. The van der Waals surface area contributed by atoms with Crippen molar-refractivity contribution in [2.45, 2.75) is 26.2 Å². The van der Waals surface area contributed by atoms with Gasteiger partial charge in [0.25, 0.3) is 0 Å². The number of benzene rings is 2. The van der Waals surface area contributed by atoms with E-state index in [1.54, 1.807) is 6.07 Å². The Morgan fingerprint density at radius 1 is 1.14 bits per heavy atom. The number of carboxylic acids is 1. The van der Waals surface area contributed by atoms with Gasteiger partial charge in [-0.15, -0.1) is 0 Å². The zero-order chi connectivity index (χ0) is 20.5. The maximum Gasteiger partial charge on any atom is 0.394 e. The highest BCUT2D eigenvalue weighted by Crippen LogP contribution is 2.33. The number of aryl methyl sites for hydroxylation is 1. The molecule has 2 aromatic carbocycles. The van der Waals surface area contributed by atoms with Crippen molar-refractivity contribution in [2.24, 2.45) is 0 Å². The van der Waals surface area contributed by atoms with Crippen LogP contribution in [0.1, 0.15) is 35.3 Å². The van der Waals surface area contributed by atoms with Gasteiger partial charge >= 0.3 is 11.9 Å². The summed E-state index contributed by atoms with van der Waals surface area (Å²) in [6.07, 6.45) is 4.37. The van der Waals surface area contributed by atoms with Gasteiger partial charge in [0.2, 0.25) is 0 Å². The van der Waals surface area contributed by atoms with Crippen LogP contribution in [-0.4, -0.2) is 17.0 Å². The Labute approximate surface area is 166 Å². The predicted octanol–water partition coefficient (Wildman–Crippen LogP) is 4.00. The fourth-order valence-corrected chi connectivity index (χ4v) is 3.62. The van der Waals surface area contributed by atoms with Gasteiger partial charge in [-0.25, -0.2) is 4.79 Å². The number of carbonyl (C=O) groups is 2. The second kappa shape index (κ2) is 7.39. The number of fused-ring (bicyclic) bond motifs is 2. The Balaban J connectivity index is 1.84. The van der Waals surface area contributed by atoms with Crippen molar-refractivity contribution < 1.29 is 19.1 Å². The molecule has 0 aliphatic heterocycles. The van der Waals surface area contributed by atoms with Crippen molar-refractivity contribution in [3.8, 4) is 0 Å². The maximum absolute atomic E-state index is 13.0. The molecule has 1 aliphatic rings. The SMILES string of the molecule is Cc1ccccc1C=C1CCCc2c1oc1cc(NC(=O)C(=O)O)ccc1c2=O. The third-order valence-corrected chi connectivity index (χ3v) is 5.12. The maximum atomic E-state index is 13.0. The van der Waals surface area contributed by atoms with Gasteiger partial charge in [0.15, 0.2) is 5.43 Å². The van der Waals surface area contributed by atoms with E-state index in [1.165, 1.54) is 12.1 Å². The number of hydrogen-bond acceptors (Lipinski definition) is 4. The molecule has 1 heterocycles. The summed E-state index contributed by atoms with van der Waals surface area (Å²) in [6.45, 7) is 2.03. The molecule has 29 heavy (non-hydrogen) atoms. The lowest BCUT2D eigenvalue weighted by Crippen LogP contribution is -2.22. The van der Waals surface area contributed by atoms with Gasteiger partial charge in [0.1, 0.15) is 11.3 Å². The average molecular weight is 389 g/mol. The topological polar surface area (TPSA) is 96.6 Å². The summed E-state index contributed by atoms with van der Waals surface area (Å²) in [5, 5.41) is 11.5. The van der Waals surface area contributed by atoms with E-state index in [0.29, 0.717) is 28.7 Å². The monoisotopic (exact) mass is 389 g/mol. The molecule has 146 valence electrons. The van der Waals surface area contributed by atoms with Crippen LogP contribution >= 0.6 is 0 Å². The van der Waals surface area contributed by atoms with E-state index in [9.17, 15) is 14.4 Å². The molecule has 0 saturated carbocycles. The van der Waals surface area contributed by atoms with Crippen molar-refractivity contribution in [3.05, 3.63) is 75.1 Å². The first-order valence-electron chi connectivity index (χ1n) is 9.34. The summed E-state index contributed by atoms with van der Waals surface area (Å²) in [6, 6.07) is 12.5. The lowest BCUT2D eigenvalue weighted by atomic mass is 9.89. The molecule has 0 fully saturated rings. The quantitative estimate of drug-likeness (QED) is 0.646. The summed E-state index contributed by atoms with van der Waals surface area (Å²) < 4.78 is 6.11. The first-order valence-corrected chi connectivity index (χ1v) is 9.34. The number of aliphatic carboxylic acids is 1. The molecule has 0 spiro atoms. The fourth-order valence-electron chi connectivity index (χ4n) is 3.62. The standard InChI is InChI=1S/C23H19NO5/c1-13-5-2-3-6-14(13)11-15-7-4-8-18-20(25)17-10-9-16(24-22(26)23(27)28)12-19(17)29-21(15)18/h2-3,5-6,9-12H,4,7-8H2,1H3,(H,24,26)(H,27,28). The van der Waals surface area contributed by atoms with Crippen LogP contribution in [-0.2, 0) is 16.0 Å². The largest absolute Gasteiger partial charge is 0.474 e. The number of carbonyl (C=O) groups excluding carboxylic acids is 1. The van der Waals surface area contributed by atoms with Gasteiger partial charge in [-0.3, -0.25) is 9.59 Å². The molecule has 4 rings (SSSR count). The van der Waals surface area contributed by atoms with Crippen LogP contribution in [0.3, 0.4) is 0 Å². The zero-order valence-electron chi connectivity index (χ0n) is 15.8. The molecule has 2 N–H and O–H groups in total. The van der Waals surface area contributed by atoms with E-state index in [1.807, 2.05) is 31.2 Å². The third-order valence-electron chi connectivity index (χ3n) is 5.12. The summed E-state index contributed by atoms with van der Waals surface area (Å²) in [4.78, 5) is 35.2. The van der Waals surface area contributed by atoms with Crippen LogP contribution in [0, 0.1) is 6.92 Å². The second-order valence-corrected chi connectivity index (χ2v) is 7.09. The second-order valence-electron chi connectivity index (χ2n) is 7.09. The molecule has 0 radical (unpaired) electrons. The van der Waals surface area contributed by atoms with Gasteiger partial charge in [-0.1, -0.05) is 24.3 Å². The average Bonchev–Trinajstić information content (AvgIpc) is 2.70. The molecule has 0 atom stereocenters. The first-order chi connectivity index (χ1) is 13.9. The number of carboxylic acid groups (broad SMARTS) is 1. The molecular weight excluding hydrogens is 370 g/mol. The van der Waals surface area contributed by atoms with E-state index in [-0.39, 0.29) is 11.1 Å². The van der Waals surface area contributed by atoms with Crippen molar-refractivity contribution in [3.63, 3.8) is 0 Å². The Morgan fingerprint density at radius 3 is 2.69 bits per heavy atom. The summed E-state index contributed by atoms with van der Waals surface area (Å²) >= 11 is 0. The molecule has 0 unspecified atom stereocenters. The molecule has 0 bridgehead atoms. The molecular formula is C23H19NO5. The number of rotatable bonds is 2. The number of amides is 1. The number of nitrogens with one attached hydrogen (secondary N) is 1. The third kappa shape index (κ3) is 3.57. The summed E-state index contributed by atoms with van der Waals surface area (Å²) in [5.74, 6) is -2.16. The molecule has 1 aromatic heterocycles. The minimum absolute atomic E-state index is 0.0901. The lowest BCUT2D eigenvalue weighted by molar-refractivity contribution is -0.147. The summed E-state index contributed by atoms with van der Waals surface area (Å²) in [5.41, 5.74) is 4.30. The molecule has 0 saturated heterocycles. The van der Waals surface area contributed by atoms with Gasteiger partial charge < -0.3 is 14.8 Å². The van der Waals surface area contributed by atoms with Crippen LogP contribution in [0.25, 0.3) is 22.6 Å². The molecule has 1 amide bonds. The zero-order valence-corrected chi connectivity index (χ0v) is 15.8. The normalized spacial score (nSPS) is 14.6. The van der Waals surface area contributed by atoms with E-state index < -0.39 is 11.9 Å². The number of allylic oxidation sites excluding steroid dienone is 1. The molecule has 1 aliphatic carbocycles. The van der Waals surface area contributed by atoms with Crippen LogP contribution < -0.4 is 10.7 Å². The van der Waals surface area contributed by atoms with Crippen LogP contribution in [0.2, 0.25) is 0 Å². The highest BCUT2D eigenvalue weighted by atomic mass is 16.4. The number of anilines is 1. The molecule has 6 heteroatoms. The first kappa shape index (κ1) is 18.7. The van der Waals surface area contributed by atoms with Gasteiger partial charge in [0, 0.05) is 17.3 Å². The van der Waals surface area contributed by atoms with E-state index in [0.717, 1.165) is 29.5 Å². The fraction of sp³-hybridized carbons (Fsp3) is 0.174. The van der Waals surface area contributed by atoms with Crippen molar-refractivity contribution in [1.82, 2.24) is 0 Å². The van der Waals surface area contributed by atoms with Gasteiger partial charge in [-0.05, 0) is 61.1 Å². The van der Waals surface area contributed by atoms with Crippen LogP contribution in [0.5, 0.6) is 0 Å². The minimum Gasteiger partial charge on any atom is -0.474 e. The Morgan fingerprint density at radius 2 is 1.93 bits per heavy atom. The van der Waals surface area contributed by atoms with Crippen LogP contribution in [0.4, 0.5) is 5.69 Å². The van der Waals surface area contributed by atoms with E-state index in [2.05, 4.69) is 11.4 Å². The highest BCUT2D eigenvalue weighted by molar-refractivity contribution is 6.36. The van der Waals surface area contributed by atoms with E-state index in [4.69, 9.17) is 9.52 Å². The van der Waals surface area contributed by atoms with Crippen molar-refractivity contribution >= 4 is 40.2 Å². The van der Waals surface area contributed by atoms with E-state index >= 15 is 0 Å². The Bertz CT molecular complexity index is 1240. The Kier molecular flexibility index (Phi) is 4.76. The highest BCUT2D eigenvalue weighted by Gasteiger charge is 2.22. The number of hydrogen-bond donors (Lipinski definition) is 2. The summed E-state index contributed by atoms with van der Waals surface area (Å²) in [7, 11) is 0. The molecule has 3 aromatic rings.